The van der Waals surface area contributed by atoms with Crippen molar-refractivity contribution in [1.29, 1.82) is 0 Å². The van der Waals surface area contributed by atoms with E-state index in [1.165, 1.54) is 152 Å². The summed E-state index contributed by atoms with van der Waals surface area (Å²) >= 11 is 0. The van der Waals surface area contributed by atoms with Crippen LogP contribution in [0.1, 0.15) is 192 Å². The van der Waals surface area contributed by atoms with Crippen molar-refractivity contribution < 1.29 is 28.4 Å². The molecule has 0 unspecified atom stereocenters. The van der Waals surface area contributed by atoms with E-state index in [0.29, 0.717) is 39.6 Å². The molecule has 334 valence electrons. The quantitative estimate of drug-likeness (QED) is 0.0621. The lowest BCUT2D eigenvalue weighted by atomic mass is 10.0. The third kappa shape index (κ3) is 34.0. The fourth-order valence-electron chi connectivity index (χ4n) is 7.28. The first kappa shape index (κ1) is 52.3. The molecule has 6 nitrogen and oxygen atoms in total. The van der Waals surface area contributed by atoms with Crippen molar-refractivity contribution in [2.45, 2.75) is 206 Å². The van der Waals surface area contributed by atoms with E-state index in [0.717, 1.165) is 52.1 Å². The molecule has 0 N–H and O–H groups in total. The van der Waals surface area contributed by atoms with E-state index in [1.54, 1.807) is 0 Å². The molecule has 2 aromatic carbocycles. The predicted molar refractivity (Wildman–Crippen MR) is 245 cm³/mol. The minimum absolute atomic E-state index is 0.0133. The van der Waals surface area contributed by atoms with Gasteiger partial charge in [0.2, 0.25) is 0 Å². The van der Waals surface area contributed by atoms with Crippen molar-refractivity contribution in [3.05, 3.63) is 71.8 Å². The van der Waals surface area contributed by atoms with E-state index >= 15 is 0 Å². The van der Waals surface area contributed by atoms with Crippen molar-refractivity contribution in [3.8, 4) is 0 Å². The van der Waals surface area contributed by atoms with Gasteiger partial charge in [-0.05, 0) is 36.8 Å². The number of ether oxygens (including phenoxy) is 6. The lowest BCUT2D eigenvalue weighted by Gasteiger charge is -2.18. The molecule has 0 aliphatic rings. The minimum Gasteiger partial charge on any atom is -0.379 e. The van der Waals surface area contributed by atoms with Crippen molar-refractivity contribution in [2.24, 2.45) is 0 Å². The van der Waals surface area contributed by atoms with E-state index in [4.69, 9.17) is 28.4 Å². The fourth-order valence-corrected chi connectivity index (χ4v) is 7.28. The highest BCUT2D eigenvalue weighted by Gasteiger charge is 2.12. The van der Waals surface area contributed by atoms with Crippen LogP contribution in [0.5, 0.6) is 0 Å². The zero-order valence-electron chi connectivity index (χ0n) is 37.8. The Morgan fingerprint density at radius 2 is 0.586 bits per heavy atom. The summed E-state index contributed by atoms with van der Waals surface area (Å²) in [5, 5.41) is 0. The van der Waals surface area contributed by atoms with Gasteiger partial charge >= 0.3 is 0 Å². The number of rotatable bonds is 45. The molecule has 2 aromatic rings. The van der Waals surface area contributed by atoms with Crippen molar-refractivity contribution in [2.75, 3.05) is 52.9 Å². The van der Waals surface area contributed by atoms with Gasteiger partial charge in [-0.2, -0.15) is 0 Å². The highest BCUT2D eigenvalue weighted by Crippen LogP contribution is 2.14. The van der Waals surface area contributed by atoms with Crippen LogP contribution in [0.25, 0.3) is 0 Å². The molecule has 0 heterocycles. The Kier molecular flexibility index (Phi) is 37.8. The largest absolute Gasteiger partial charge is 0.379 e. The Morgan fingerprint density at radius 1 is 0.310 bits per heavy atom. The Bertz CT molecular complexity index is 983. The first-order valence-electron chi connectivity index (χ1n) is 24.4. The summed E-state index contributed by atoms with van der Waals surface area (Å²) in [6.07, 6.45) is 33.8. The average Bonchev–Trinajstić information content (AvgIpc) is 3.25. The van der Waals surface area contributed by atoms with Gasteiger partial charge in [0.15, 0.2) is 0 Å². The summed E-state index contributed by atoms with van der Waals surface area (Å²) in [5.41, 5.74) is 2.40. The Balaban J connectivity index is 1.39. The molecule has 0 spiro atoms. The average molecular weight is 811 g/mol. The van der Waals surface area contributed by atoms with Gasteiger partial charge in [-0.1, -0.05) is 216 Å². The van der Waals surface area contributed by atoms with Crippen molar-refractivity contribution in [1.82, 2.24) is 0 Å². The van der Waals surface area contributed by atoms with E-state index in [-0.39, 0.29) is 12.2 Å². The molecule has 0 aromatic heterocycles. The minimum atomic E-state index is 0.0133. The van der Waals surface area contributed by atoms with Crippen LogP contribution in [0, 0.1) is 0 Å². The molecule has 58 heavy (non-hydrogen) atoms. The predicted octanol–water partition coefficient (Wildman–Crippen LogP) is 14.4. The van der Waals surface area contributed by atoms with E-state index in [1.807, 2.05) is 12.1 Å². The highest BCUT2D eigenvalue weighted by atomic mass is 16.6. The molecular formula is C52H90O6. The number of hydrogen-bond donors (Lipinski definition) is 0. The summed E-state index contributed by atoms with van der Waals surface area (Å²) in [4.78, 5) is 0. The molecule has 0 saturated carbocycles. The molecule has 2 atom stereocenters. The maximum absolute atomic E-state index is 6.21. The maximum Gasteiger partial charge on any atom is 0.104 e. The molecule has 2 rings (SSSR count). The van der Waals surface area contributed by atoms with Gasteiger partial charge in [-0.15, -0.1) is 0 Å². The molecule has 0 aliphatic carbocycles. The summed E-state index contributed by atoms with van der Waals surface area (Å²) in [7, 11) is 0. The monoisotopic (exact) mass is 811 g/mol. The zero-order valence-corrected chi connectivity index (χ0v) is 37.8. The van der Waals surface area contributed by atoms with E-state index in [9.17, 15) is 0 Å². The molecular weight excluding hydrogens is 721 g/mol. The summed E-state index contributed by atoms with van der Waals surface area (Å²) < 4.78 is 36.6. The fraction of sp³-hybridized carbons (Fsp3) is 0.769. The molecule has 0 amide bonds. The van der Waals surface area contributed by atoms with Crippen molar-refractivity contribution >= 4 is 0 Å². The van der Waals surface area contributed by atoms with Crippen LogP contribution in [0.2, 0.25) is 0 Å². The second-order valence-electron chi connectivity index (χ2n) is 16.6. The summed E-state index contributed by atoms with van der Waals surface area (Å²) in [6.45, 7) is 11.5. The Morgan fingerprint density at radius 3 is 0.914 bits per heavy atom. The molecule has 0 saturated heterocycles. The second kappa shape index (κ2) is 41.9. The first-order valence-corrected chi connectivity index (χ1v) is 24.4. The van der Waals surface area contributed by atoms with Gasteiger partial charge in [0.1, 0.15) is 12.2 Å². The maximum atomic E-state index is 6.21. The van der Waals surface area contributed by atoms with Crippen molar-refractivity contribution in [3.63, 3.8) is 0 Å². The van der Waals surface area contributed by atoms with E-state index < -0.39 is 0 Å². The summed E-state index contributed by atoms with van der Waals surface area (Å²) in [5.74, 6) is 0. The molecule has 0 fully saturated rings. The smallest absolute Gasteiger partial charge is 0.104 e. The third-order valence-corrected chi connectivity index (χ3v) is 11.0. The van der Waals surface area contributed by atoms with Gasteiger partial charge in [0.05, 0.1) is 39.6 Å². The van der Waals surface area contributed by atoms with Crippen LogP contribution in [-0.4, -0.2) is 65.1 Å². The number of benzene rings is 2. The first-order chi connectivity index (χ1) is 28.8. The topological polar surface area (TPSA) is 55.4 Å². The SMILES string of the molecule is CCCCCCCCO[C@@H](COCCCCCCCCCCCCCCCCOC[C@@H](COCc1ccccc1)OCCCCCCCC)COCc1ccccc1. The normalized spacial score (nSPS) is 12.7. The van der Waals surface area contributed by atoms with Gasteiger partial charge in [-0.3, -0.25) is 0 Å². The van der Waals surface area contributed by atoms with Crippen LogP contribution in [0.4, 0.5) is 0 Å². The second-order valence-corrected chi connectivity index (χ2v) is 16.6. The number of hydrogen-bond acceptors (Lipinski definition) is 6. The zero-order chi connectivity index (χ0) is 41.1. The van der Waals surface area contributed by atoms with Gasteiger partial charge in [0, 0.05) is 26.4 Å². The van der Waals surface area contributed by atoms with Crippen LogP contribution < -0.4 is 0 Å². The van der Waals surface area contributed by atoms with Gasteiger partial charge < -0.3 is 28.4 Å². The van der Waals surface area contributed by atoms with Gasteiger partial charge in [-0.25, -0.2) is 0 Å². The Labute approximate surface area is 358 Å². The Hall–Kier alpha value is -1.80. The lowest BCUT2D eigenvalue weighted by Crippen LogP contribution is -2.26. The lowest BCUT2D eigenvalue weighted by molar-refractivity contribution is -0.0645. The molecule has 0 bridgehead atoms. The summed E-state index contributed by atoms with van der Waals surface area (Å²) in [6, 6.07) is 20.8. The molecule has 0 aliphatic heterocycles. The van der Waals surface area contributed by atoms with Gasteiger partial charge in [0.25, 0.3) is 0 Å². The molecule has 6 heteroatoms. The number of unbranched alkanes of at least 4 members (excludes halogenated alkanes) is 23. The van der Waals surface area contributed by atoms with Crippen LogP contribution in [0.15, 0.2) is 60.7 Å². The van der Waals surface area contributed by atoms with Crippen LogP contribution in [0.3, 0.4) is 0 Å². The van der Waals surface area contributed by atoms with E-state index in [2.05, 4.69) is 62.4 Å². The standard InChI is InChI=1S/C52H90O6/c1-3-5-7-9-23-33-41-57-51(47-55-43-49-35-27-25-28-36-49)45-53-39-31-21-19-17-15-13-11-12-14-16-18-20-22-32-40-54-46-52(58-42-34-24-10-8-6-4-2)48-56-44-50-37-29-26-30-38-50/h25-30,35-38,51-52H,3-24,31-34,39-48H2,1-2H3/t51-,52-/m0/s1. The highest BCUT2D eigenvalue weighted by molar-refractivity contribution is 5.14. The molecule has 0 radical (unpaired) electrons. The third-order valence-electron chi connectivity index (χ3n) is 11.0. The van der Waals surface area contributed by atoms with Crippen LogP contribution >= 0.6 is 0 Å². The van der Waals surface area contributed by atoms with Crippen LogP contribution in [-0.2, 0) is 41.6 Å².